The number of aliphatic hydroxyl groups is 1. The third kappa shape index (κ3) is 8.20. The Bertz CT molecular complexity index is 1200. The highest BCUT2D eigenvalue weighted by atomic mass is 35.5. The SMILES string of the molecule is CCCN(CCC)C(=O)C1([C@H](Cc2ccccc2)[C@@H](O)CNCCc2ccc(Cl)cc2Cl)C=CC=C(C(N)=O)C1. The molecule has 4 N–H and O–H groups in total. The van der Waals surface area contributed by atoms with Gasteiger partial charge in [-0.3, -0.25) is 9.59 Å². The number of nitrogens with zero attached hydrogens (tertiary/aromatic N) is 1. The van der Waals surface area contributed by atoms with Crippen LogP contribution in [-0.2, 0) is 22.4 Å². The second-order valence-corrected chi connectivity index (χ2v) is 11.3. The Hall–Kier alpha value is -2.64. The number of rotatable bonds is 15. The Labute approximate surface area is 248 Å². The molecule has 2 aromatic carbocycles. The van der Waals surface area contributed by atoms with Crippen LogP contribution in [0.1, 0.15) is 44.2 Å². The standard InChI is InChI=1S/C32H41Cl2N3O3/c1-3-17-37(18-4-2)31(40)32(15-8-11-25(21-32)30(35)39)27(19-23-9-6-5-7-10-23)29(38)22-36-16-14-24-12-13-26(33)20-28(24)34/h5-13,15,20,27,29,36,38H,3-4,14,16-19,21-22H2,1-2H3,(H2,35,39)/t27-,29+,32?/m1/s1. The number of carbonyl (C=O) groups is 2. The van der Waals surface area contributed by atoms with Crippen molar-refractivity contribution in [1.29, 1.82) is 0 Å². The largest absolute Gasteiger partial charge is 0.391 e. The van der Waals surface area contributed by atoms with Gasteiger partial charge in [0, 0.05) is 41.2 Å². The Morgan fingerprint density at radius 1 is 1.10 bits per heavy atom. The van der Waals surface area contributed by atoms with E-state index in [4.69, 9.17) is 28.9 Å². The monoisotopic (exact) mass is 585 g/mol. The summed E-state index contributed by atoms with van der Waals surface area (Å²) < 4.78 is 0. The fraction of sp³-hybridized carbons (Fsp3) is 0.438. The van der Waals surface area contributed by atoms with Crippen molar-refractivity contribution in [3.8, 4) is 0 Å². The molecule has 3 atom stereocenters. The Kier molecular flexibility index (Phi) is 12.3. The van der Waals surface area contributed by atoms with E-state index in [1.165, 1.54) is 0 Å². The van der Waals surface area contributed by atoms with Crippen LogP contribution in [0, 0.1) is 11.3 Å². The first kappa shape index (κ1) is 31.9. The molecule has 0 saturated carbocycles. The van der Waals surface area contributed by atoms with E-state index >= 15 is 0 Å². The summed E-state index contributed by atoms with van der Waals surface area (Å²) in [5, 5.41) is 16.3. The molecule has 0 aliphatic heterocycles. The lowest BCUT2D eigenvalue weighted by atomic mass is 9.64. The van der Waals surface area contributed by atoms with Gasteiger partial charge in [-0.1, -0.05) is 91.7 Å². The number of aliphatic hydroxyl groups excluding tert-OH is 1. The first-order valence-corrected chi connectivity index (χ1v) is 14.8. The lowest BCUT2D eigenvalue weighted by Gasteiger charge is -2.44. The Balaban J connectivity index is 1.92. The lowest BCUT2D eigenvalue weighted by molar-refractivity contribution is -0.145. The zero-order valence-corrected chi connectivity index (χ0v) is 24.9. The van der Waals surface area contributed by atoms with E-state index in [1.54, 1.807) is 24.3 Å². The number of amides is 2. The van der Waals surface area contributed by atoms with Crippen molar-refractivity contribution in [2.24, 2.45) is 17.1 Å². The normalized spacial score (nSPS) is 18.2. The number of halogens is 2. The Morgan fingerprint density at radius 2 is 1.80 bits per heavy atom. The molecule has 1 unspecified atom stereocenters. The zero-order valence-electron chi connectivity index (χ0n) is 23.4. The van der Waals surface area contributed by atoms with E-state index in [9.17, 15) is 14.7 Å². The predicted octanol–water partition coefficient (Wildman–Crippen LogP) is 5.35. The summed E-state index contributed by atoms with van der Waals surface area (Å²) in [6, 6.07) is 15.3. The number of hydrogen-bond acceptors (Lipinski definition) is 4. The summed E-state index contributed by atoms with van der Waals surface area (Å²) in [6.07, 6.45) is 7.31. The number of allylic oxidation sites excluding steroid dienone is 2. The molecule has 0 spiro atoms. The van der Waals surface area contributed by atoms with Crippen LogP contribution in [0.25, 0.3) is 0 Å². The van der Waals surface area contributed by atoms with E-state index in [0.29, 0.717) is 48.1 Å². The molecule has 2 amide bonds. The van der Waals surface area contributed by atoms with E-state index in [1.807, 2.05) is 61.2 Å². The molecule has 0 heterocycles. The van der Waals surface area contributed by atoms with Gasteiger partial charge in [-0.2, -0.15) is 0 Å². The maximum Gasteiger partial charge on any atom is 0.244 e. The van der Waals surface area contributed by atoms with Crippen molar-refractivity contribution in [3.05, 3.63) is 93.5 Å². The molecule has 0 aromatic heterocycles. The summed E-state index contributed by atoms with van der Waals surface area (Å²) in [4.78, 5) is 28.6. The maximum absolute atomic E-state index is 14.4. The molecule has 1 aliphatic carbocycles. The Morgan fingerprint density at radius 3 is 2.42 bits per heavy atom. The van der Waals surface area contributed by atoms with Crippen LogP contribution in [0.15, 0.2) is 72.3 Å². The van der Waals surface area contributed by atoms with E-state index in [0.717, 1.165) is 24.0 Å². The minimum absolute atomic E-state index is 0.0766. The van der Waals surface area contributed by atoms with Crippen LogP contribution in [-0.4, -0.2) is 54.1 Å². The van der Waals surface area contributed by atoms with Gasteiger partial charge in [0.1, 0.15) is 0 Å². The molecule has 0 radical (unpaired) electrons. The van der Waals surface area contributed by atoms with Gasteiger partial charge < -0.3 is 21.1 Å². The van der Waals surface area contributed by atoms with Gasteiger partial charge in [-0.25, -0.2) is 0 Å². The molecule has 1 aliphatic rings. The van der Waals surface area contributed by atoms with Crippen LogP contribution in [0.2, 0.25) is 10.0 Å². The minimum Gasteiger partial charge on any atom is -0.391 e. The summed E-state index contributed by atoms with van der Waals surface area (Å²) in [7, 11) is 0. The van der Waals surface area contributed by atoms with Crippen molar-refractivity contribution in [1.82, 2.24) is 10.2 Å². The number of nitrogens with one attached hydrogen (secondary N) is 1. The van der Waals surface area contributed by atoms with Crippen molar-refractivity contribution in [2.75, 3.05) is 26.2 Å². The number of nitrogens with two attached hydrogens (primary N) is 1. The molecule has 3 rings (SSSR count). The average Bonchev–Trinajstić information content (AvgIpc) is 2.95. The molecule has 6 nitrogen and oxygen atoms in total. The molecule has 0 saturated heterocycles. The summed E-state index contributed by atoms with van der Waals surface area (Å²) >= 11 is 12.4. The van der Waals surface area contributed by atoms with Crippen molar-refractivity contribution in [2.45, 2.75) is 52.1 Å². The molecular weight excluding hydrogens is 545 g/mol. The molecule has 216 valence electrons. The summed E-state index contributed by atoms with van der Waals surface area (Å²) in [5.74, 6) is -1.14. The first-order chi connectivity index (χ1) is 19.2. The molecule has 40 heavy (non-hydrogen) atoms. The molecule has 8 heteroatoms. The average molecular weight is 587 g/mol. The van der Waals surface area contributed by atoms with Crippen LogP contribution < -0.4 is 11.1 Å². The molecule has 0 fully saturated rings. The first-order valence-electron chi connectivity index (χ1n) is 14.1. The van der Waals surface area contributed by atoms with Crippen LogP contribution in [0.5, 0.6) is 0 Å². The minimum atomic E-state index is -1.13. The second-order valence-electron chi connectivity index (χ2n) is 10.5. The number of primary amides is 1. The van der Waals surface area contributed by atoms with E-state index in [-0.39, 0.29) is 18.9 Å². The van der Waals surface area contributed by atoms with Gasteiger partial charge in [0.05, 0.1) is 11.5 Å². The third-order valence-electron chi connectivity index (χ3n) is 7.53. The van der Waals surface area contributed by atoms with Gasteiger partial charge in [0.25, 0.3) is 0 Å². The van der Waals surface area contributed by atoms with Crippen LogP contribution >= 0.6 is 23.2 Å². The van der Waals surface area contributed by atoms with E-state index in [2.05, 4.69) is 5.32 Å². The number of carbonyl (C=O) groups excluding carboxylic acids is 2. The topological polar surface area (TPSA) is 95.7 Å². The van der Waals surface area contributed by atoms with Gasteiger partial charge in [0.15, 0.2) is 0 Å². The quantitative estimate of drug-likeness (QED) is 0.245. The number of hydrogen-bond donors (Lipinski definition) is 3. The van der Waals surface area contributed by atoms with Gasteiger partial charge in [-0.05, 0) is 61.9 Å². The predicted molar refractivity (Wildman–Crippen MR) is 163 cm³/mol. The highest BCUT2D eigenvalue weighted by molar-refractivity contribution is 6.35. The summed E-state index contributed by atoms with van der Waals surface area (Å²) in [5.41, 5.74) is 6.96. The highest BCUT2D eigenvalue weighted by Gasteiger charge is 2.49. The van der Waals surface area contributed by atoms with Crippen molar-refractivity contribution >= 4 is 35.0 Å². The number of benzene rings is 2. The van der Waals surface area contributed by atoms with Crippen molar-refractivity contribution in [3.63, 3.8) is 0 Å². The summed E-state index contributed by atoms with van der Waals surface area (Å²) in [6.45, 7) is 6.14. The maximum atomic E-state index is 14.4. The fourth-order valence-corrected chi connectivity index (χ4v) is 6.02. The van der Waals surface area contributed by atoms with Gasteiger partial charge in [-0.15, -0.1) is 0 Å². The molecule has 2 aromatic rings. The van der Waals surface area contributed by atoms with Crippen molar-refractivity contribution < 1.29 is 14.7 Å². The van der Waals surface area contributed by atoms with Gasteiger partial charge in [0.2, 0.25) is 11.8 Å². The van der Waals surface area contributed by atoms with Crippen LogP contribution in [0.3, 0.4) is 0 Å². The third-order valence-corrected chi connectivity index (χ3v) is 8.11. The zero-order chi connectivity index (χ0) is 29.1. The highest BCUT2D eigenvalue weighted by Crippen LogP contribution is 2.44. The smallest absolute Gasteiger partial charge is 0.244 e. The van der Waals surface area contributed by atoms with Gasteiger partial charge >= 0.3 is 0 Å². The molecule has 0 bridgehead atoms. The second kappa shape index (κ2) is 15.4. The lowest BCUT2D eigenvalue weighted by Crippen LogP contribution is -2.54. The van der Waals surface area contributed by atoms with E-state index < -0.39 is 23.3 Å². The van der Waals surface area contributed by atoms with Crippen LogP contribution in [0.4, 0.5) is 0 Å². The fourth-order valence-electron chi connectivity index (χ4n) is 5.52. The molecular formula is C32H41Cl2N3O3.